The van der Waals surface area contributed by atoms with Gasteiger partial charge in [0.25, 0.3) is 0 Å². The van der Waals surface area contributed by atoms with Gasteiger partial charge in [-0.25, -0.2) is 8.42 Å². The predicted molar refractivity (Wildman–Crippen MR) is 87.2 cm³/mol. The molecule has 0 aliphatic carbocycles. The minimum atomic E-state index is -3.54. The molecular formula is C16H21N3O2S. The van der Waals surface area contributed by atoms with Crippen LogP contribution < -0.4 is 5.32 Å². The van der Waals surface area contributed by atoms with E-state index >= 15 is 0 Å². The quantitative estimate of drug-likeness (QED) is 0.919. The first-order valence-electron chi connectivity index (χ1n) is 7.59. The van der Waals surface area contributed by atoms with E-state index in [1.54, 1.807) is 34.9 Å². The normalized spacial score (nSPS) is 24.3. The maximum Gasteiger partial charge on any atom is 0.244 e. The third-order valence-corrected chi connectivity index (χ3v) is 6.43. The Morgan fingerprint density at radius 1 is 1.23 bits per heavy atom. The van der Waals surface area contributed by atoms with Crippen molar-refractivity contribution in [3.8, 4) is 0 Å². The Morgan fingerprint density at radius 2 is 2.05 bits per heavy atom. The van der Waals surface area contributed by atoms with E-state index in [9.17, 15) is 8.42 Å². The van der Waals surface area contributed by atoms with Gasteiger partial charge in [-0.1, -0.05) is 12.1 Å². The van der Waals surface area contributed by atoms with Gasteiger partial charge in [0.05, 0.1) is 4.90 Å². The van der Waals surface area contributed by atoms with Gasteiger partial charge in [-0.2, -0.15) is 4.31 Å². The summed E-state index contributed by atoms with van der Waals surface area (Å²) in [6.45, 7) is 5.46. The first-order chi connectivity index (χ1) is 10.5. The maximum atomic E-state index is 13.3. The second kappa shape index (κ2) is 5.95. The smallest absolute Gasteiger partial charge is 0.244 e. The van der Waals surface area contributed by atoms with Crippen molar-refractivity contribution in [2.75, 3.05) is 13.1 Å². The average molecular weight is 319 g/mol. The molecule has 6 heteroatoms. The monoisotopic (exact) mass is 319 g/mol. The van der Waals surface area contributed by atoms with Crippen LogP contribution in [0.4, 0.5) is 0 Å². The highest BCUT2D eigenvalue weighted by Crippen LogP contribution is 2.28. The van der Waals surface area contributed by atoms with Crippen LogP contribution >= 0.6 is 0 Å². The van der Waals surface area contributed by atoms with Gasteiger partial charge < -0.3 is 5.32 Å². The molecule has 22 heavy (non-hydrogen) atoms. The average Bonchev–Trinajstić information content (AvgIpc) is 2.67. The number of fused-ring (bicyclic) bond motifs is 1. The Kier molecular flexibility index (Phi) is 4.16. The fourth-order valence-corrected chi connectivity index (χ4v) is 5.25. The first-order valence-corrected chi connectivity index (χ1v) is 9.03. The number of pyridine rings is 1. The molecule has 1 aliphatic rings. The van der Waals surface area contributed by atoms with Crippen molar-refractivity contribution >= 4 is 20.8 Å². The number of rotatable bonds is 2. The summed E-state index contributed by atoms with van der Waals surface area (Å²) in [6.07, 6.45) is 4.15. The van der Waals surface area contributed by atoms with Crippen molar-refractivity contribution in [3.63, 3.8) is 0 Å². The third kappa shape index (κ3) is 2.62. The third-order valence-electron chi connectivity index (χ3n) is 4.24. The van der Waals surface area contributed by atoms with Crippen LogP contribution in [0.2, 0.25) is 0 Å². The largest absolute Gasteiger partial charge is 0.315 e. The number of benzene rings is 1. The van der Waals surface area contributed by atoms with Crippen LogP contribution in [0.25, 0.3) is 10.8 Å². The zero-order valence-corrected chi connectivity index (χ0v) is 13.7. The van der Waals surface area contributed by atoms with Crippen LogP contribution in [0, 0.1) is 0 Å². The number of sulfonamides is 1. The minimum absolute atomic E-state index is 0.0212. The van der Waals surface area contributed by atoms with E-state index in [1.165, 1.54) is 0 Å². The number of hydrogen-bond donors (Lipinski definition) is 1. The van der Waals surface area contributed by atoms with Crippen molar-refractivity contribution in [2.45, 2.75) is 37.2 Å². The molecule has 5 nitrogen and oxygen atoms in total. The van der Waals surface area contributed by atoms with Gasteiger partial charge in [0.1, 0.15) is 0 Å². The minimum Gasteiger partial charge on any atom is -0.315 e. The number of nitrogens with one attached hydrogen (secondary N) is 1. The SMILES string of the molecule is CC1CCNCC(C)N1S(=O)(=O)c1cccc2cnccc12. The molecule has 2 unspecified atom stereocenters. The summed E-state index contributed by atoms with van der Waals surface area (Å²) >= 11 is 0. The van der Waals surface area contributed by atoms with Gasteiger partial charge >= 0.3 is 0 Å². The van der Waals surface area contributed by atoms with E-state index in [1.807, 2.05) is 19.9 Å². The highest BCUT2D eigenvalue weighted by atomic mass is 32.2. The fraction of sp³-hybridized carbons (Fsp3) is 0.438. The lowest BCUT2D eigenvalue weighted by Gasteiger charge is -2.31. The molecule has 118 valence electrons. The van der Waals surface area contributed by atoms with Crippen LogP contribution in [0.1, 0.15) is 20.3 Å². The van der Waals surface area contributed by atoms with E-state index in [0.717, 1.165) is 23.7 Å². The van der Waals surface area contributed by atoms with Crippen molar-refractivity contribution in [2.24, 2.45) is 0 Å². The summed E-state index contributed by atoms with van der Waals surface area (Å²) in [5.41, 5.74) is 0. The van der Waals surface area contributed by atoms with Gasteiger partial charge in [0.15, 0.2) is 0 Å². The molecule has 0 amide bonds. The fourth-order valence-electron chi connectivity index (χ4n) is 3.18. The van der Waals surface area contributed by atoms with Crippen molar-refractivity contribution < 1.29 is 8.42 Å². The molecule has 1 aromatic carbocycles. The van der Waals surface area contributed by atoms with E-state index in [4.69, 9.17) is 0 Å². The van der Waals surface area contributed by atoms with E-state index in [2.05, 4.69) is 10.3 Å². The summed E-state index contributed by atoms with van der Waals surface area (Å²) in [5, 5.41) is 4.88. The molecular weight excluding hydrogens is 298 g/mol. The lowest BCUT2D eigenvalue weighted by molar-refractivity contribution is 0.287. The topological polar surface area (TPSA) is 62.3 Å². The van der Waals surface area contributed by atoms with Gasteiger partial charge in [-0.05, 0) is 38.9 Å². The number of nitrogens with zero attached hydrogens (tertiary/aromatic N) is 2. The second-order valence-electron chi connectivity index (χ2n) is 5.88. The lowest BCUT2D eigenvalue weighted by atomic mass is 10.2. The molecule has 2 aromatic rings. The highest BCUT2D eigenvalue weighted by molar-refractivity contribution is 7.89. The summed E-state index contributed by atoms with van der Waals surface area (Å²) in [6, 6.07) is 7.04. The van der Waals surface area contributed by atoms with Crippen LogP contribution in [0.5, 0.6) is 0 Å². The zero-order chi connectivity index (χ0) is 15.7. The van der Waals surface area contributed by atoms with Gasteiger partial charge in [0, 0.05) is 41.8 Å². The number of hydrogen-bond acceptors (Lipinski definition) is 4. The maximum absolute atomic E-state index is 13.3. The molecule has 0 bridgehead atoms. The predicted octanol–water partition coefficient (Wildman–Crippen LogP) is 2.00. The van der Waals surface area contributed by atoms with Crippen molar-refractivity contribution in [1.82, 2.24) is 14.6 Å². The number of aromatic nitrogens is 1. The molecule has 1 aromatic heterocycles. The molecule has 2 heterocycles. The van der Waals surface area contributed by atoms with E-state index in [-0.39, 0.29) is 12.1 Å². The van der Waals surface area contributed by atoms with Crippen LogP contribution in [0.15, 0.2) is 41.6 Å². The Morgan fingerprint density at radius 3 is 2.86 bits per heavy atom. The highest BCUT2D eigenvalue weighted by Gasteiger charge is 2.35. The molecule has 0 radical (unpaired) electrons. The van der Waals surface area contributed by atoms with Crippen LogP contribution in [0.3, 0.4) is 0 Å². The first kappa shape index (κ1) is 15.4. The molecule has 0 saturated carbocycles. The summed E-state index contributed by atoms with van der Waals surface area (Å²) in [7, 11) is -3.54. The molecule has 1 N–H and O–H groups in total. The van der Waals surface area contributed by atoms with Crippen molar-refractivity contribution in [3.05, 3.63) is 36.7 Å². The van der Waals surface area contributed by atoms with Gasteiger partial charge in [0.2, 0.25) is 10.0 Å². The van der Waals surface area contributed by atoms with Crippen molar-refractivity contribution in [1.29, 1.82) is 0 Å². The molecule has 3 rings (SSSR count). The standard InChI is InChI=1S/C16H21N3O2S/c1-12-6-8-17-10-13(2)19(12)22(20,21)16-5-3-4-14-11-18-9-7-15(14)16/h3-5,7,9,11-13,17H,6,8,10H2,1-2H3. The second-order valence-corrected chi connectivity index (χ2v) is 7.69. The Labute approximate surface area is 131 Å². The molecule has 1 aliphatic heterocycles. The van der Waals surface area contributed by atoms with Crippen LogP contribution in [-0.4, -0.2) is 42.9 Å². The lowest BCUT2D eigenvalue weighted by Crippen LogP contribution is -2.45. The zero-order valence-electron chi connectivity index (χ0n) is 12.9. The Bertz CT molecular complexity index is 759. The Balaban J connectivity index is 2.15. The summed E-state index contributed by atoms with van der Waals surface area (Å²) in [5.74, 6) is 0. The summed E-state index contributed by atoms with van der Waals surface area (Å²) in [4.78, 5) is 4.44. The van der Waals surface area contributed by atoms with Gasteiger partial charge in [-0.3, -0.25) is 4.98 Å². The summed E-state index contributed by atoms with van der Waals surface area (Å²) < 4.78 is 28.2. The molecule has 2 atom stereocenters. The molecule has 1 saturated heterocycles. The molecule has 0 spiro atoms. The van der Waals surface area contributed by atoms with E-state index < -0.39 is 10.0 Å². The van der Waals surface area contributed by atoms with Gasteiger partial charge in [-0.15, -0.1) is 0 Å². The molecule has 1 fully saturated rings. The van der Waals surface area contributed by atoms with Crippen LogP contribution in [-0.2, 0) is 10.0 Å². The Hall–Kier alpha value is -1.50. The van der Waals surface area contributed by atoms with E-state index in [0.29, 0.717) is 11.4 Å².